The Bertz CT molecular complexity index is 752. The second-order valence-corrected chi connectivity index (χ2v) is 4.65. The Balaban J connectivity index is 2.19. The summed E-state index contributed by atoms with van der Waals surface area (Å²) < 4.78 is 1.42. The molecule has 0 saturated carbocycles. The van der Waals surface area contributed by atoms with Gasteiger partial charge >= 0.3 is 0 Å². The van der Waals surface area contributed by atoms with Gasteiger partial charge in [-0.2, -0.15) is 19.5 Å². The van der Waals surface area contributed by atoms with Crippen LogP contribution in [0.15, 0.2) is 23.4 Å². The van der Waals surface area contributed by atoms with Crippen LogP contribution in [0.1, 0.15) is 5.69 Å². The summed E-state index contributed by atoms with van der Waals surface area (Å²) in [5.41, 5.74) is 7.42. The fourth-order valence-corrected chi connectivity index (χ4v) is 2.01. The molecule has 3 aromatic rings. The average molecular weight is 273 g/mol. The smallest absolute Gasteiger partial charge is 0.258 e. The molecule has 3 rings (SSSR count). The van der Waals surface area contributed by atoms with E-state index in [4.69, 9.17) is 5.73 Å². The lowest BCUT2D eigenvalue weighted by Gasteiger charge is -1.97. The van der Waals surface area contributed by atoms with Gasteiger partial charge in [-0.25, -0.2) is 4.98 Å². The predicted molar refractivity (Wildman–Crippen MR) is 72.7 cm³/mol. The molecule has 3 heterocycles. The van der Waals surface area contributed by atoms with Crippen molar-refractivity contribution in [3.05, 3.63) is 23.9 Å². The normalized spacial score (nSPS) is 11.1. The van der Waals surface area contributed by atoms with Gasteiger partial charge in [0, 0.05) is 5.69 Å². The third kappa shape index (κ3) is 2.10. The minimum atomic E-state index is 0.265. The van der Waals surface area contributed by atoms with E-state index in [-0.39, 0.29) is 5.95 Å². The summed E-state index contributed by atoms with van der Waals surface area (Å²) in [6, 6.07) is 5.67. The molecule has 0 atom stereocenters. The van der Waals surface area contributed by atoms with Gasteiger partial charge in [-0.05, 0) is 25.3 Å². The molecule has 0 unspecified atom stereocenters. The maximum atomic E-state index is 5.83. The number of hydrogen-bond acceptors (Lipinski definition) is 7. The number of thioether (sulfide) groups is 1. The van der Waals surface area contributed by atoms with Crippen LogP contribution in [0.5, 0.6) is 0 Å². The van der Waals surface area contributed by atoms with Gasteiger partial charge < -0.3 is 5.73 Å². The van der Waals surface area contributed by atoms with Crippen molar-refractivity contribution in [1.29, 1.82) is 0 Å². The van der Waals surface area contributed by atoms with Crippen molar-refractivity contribution >= 4 is 23.5 Å². The Kier molecular flexibility index (Phi) is 2.79. The molecule has 0 bridgehead atoms. The molecule has 0 amide bonds. The molecule has 0 saturated heterocycles. The van der Waals surface area contributed by atoms with Crippen molar-refractivity contribution in [2.24, 2.45) is 0 Å². The first kappa shape index (κ1) is 11.8. The van der Waals surface area contributed by atoms with Crippen LogP contribution in [0.3, 0.4) is 0 Å². The van der Waals surface area contributed by atoms with Crippen molar-refractivity contribution in [3.63, 3.8) is 0 Å². The van der Waals surface area contributed by atoms with Crippen molar-refractivity contribution in [2.45, 2.75) is 12.1 Å². The monoisotopic (exact) mass is 273 g/mol. The van der Waals surface area contributed by atoms with Crippen molar-refractivity contribution in [2.75, 3.05) is 12.0 Å². The number of nitrogen functional groups attached to an aromatic ring is 1. The summed E-state index contributed by atoms with van der Waals surface area (Å²) >= 11 is 1.41. The minimum absolute atomic E-state index is 0.265. The van der Waals surface area contributed by atoms with Crippen LogP contribution in [-0.2, 0) is 0 Å². The standard InChI is InChI=1S/C11H11N7S/c1-6-4-3-5-7(13-6)8-14-10-16-11(19-2)15-9(12)18(10)17-8/h3-5H,1-2H3,(H2,12,14,15,16,17). The first-order chi connectivity index (χ1) is 9.17. The van der Waals surface area contributed by atoms with E-state index in [1.54, 1.807) is 0 Å². The molecule has 2 N–H and O–H groups in total. The number of hydrogen-bond donors (Lipinski definition) is 1. The quantitative estimate of drug-likeness (QED) is 0.701. The largest absolute Gasteiger partial charge is 0.368 e. The van der Waals surface area contributed by atoms with Crippen molar-refractivity contribution < 1.29 is 0 Å². The zero-order valence-electron chi connectivity index (χ0n) is 10.4. The third-order valence-corrected chi connectivity index (χ3v) is 3.06. The van der Waals surface area contributed by atoms with E-state index in [2.05, 4.69) is 25.0 Å². The highest BCUT2D eigenvalue weighted by Gasteiger charge is 2.12. The van der Waals surface area contributed by atoms with E-state index in [9.17, 15) is 0 Å². The Morgan fingerprint density at radius 3 is 2.74 bits per heavy atom. The zero-order valence-corrected chi connectivity index (χ0v) is 11.2. The first-order valence-electron chi connectivity index (χ1n) is 5.55. The molecule has 7 nitrogen and oxygen atoms in total. The van der Waals surface area contributed by atoms with Crippen molar-refractivity contribution in [3.8, 4) is 11.5 Å². The molecule has 0 radical (unpaired) electrons. The number of aryl methyl sites for hydroxylation is 1. The Morgan fingerprint density at radius 1 is 1.16 bits per heavy atom. The number of anilines is 1. The molecule has 0 fully saturated rings. The number of pyridine rings is 1. The lowest BCUT2D eigenvalue weighted by molar-refractivity contribution is 0.850. The second kappa shape index (κ2) is 4.47. The molecule has 8 heteroatoms. The Labute approximate surface area is 113 Å². The fourth-order valence-electron chi connectivity index (χ4n) is 1.65. The number of nitrogens with zero attached hydrogens (tertiary/aromatic N) is 6. The van der Waals surface area contributed by atoms with Gasteiger partial charge in [0.05, 0.1) is 0 Å². The molecule has 0 spiro atoms. The molecule has 19 heavy (non-hydrogen) atoms. The molecular weight excluding hydrogens is 262 g/mol. The van der Waals surface area contributed by atoms with E-state index in [0.717, 1.165) is 5.69 Å². The van der Waals surface area contributed by atoms with Crippen LogP contribution < -0.4 is 5.73 Å². The highest BCUT2D eigenvalue weighted by atomic mass is 32.2. The van der Waals surface area contributed by atoms with Gasteiger partial charge in [-0.1, -0.05) is 17.8 Å². The Hall–Kier alpha value is -2.22. The number of nitrogens with two attached hydrogens (primary N) is 1. The van der Waals surface area contributed by atoms with E-state index < -0.39 is 0 Å². The third-order valence-electron chi connectivity index (χ3n) is 2.51. The molecule has 96 valence electrons. The predicted octanol–water partition coefficient (Wildman–Crippen LogP) is 1.19. The van der Waals surface area contributed by atoms with Gasteiger partial charge in [0.15, 0.2) is 5.16 Å². The van der Waals surface area contributed by atoms with Crippen LogP contribution in [-0.4, -0.2) is 35.8 Å². The average Bonchev–Trinajstić information content (AvgIpc) is 2.83. The summed E-state index contributed by atoms with van der Waals surface area (Å²) in [4.78, 5) is 17.1. The van der Waals surface area contributed by atoms with Crippen molar-refractivity contribution in [1.82, 2.24) is 29.5 Å². The summed E-state index contributed by atoms with van der Waals surface area (Å²) in [6.07, 6.45) is 1.88. The summed E-state index contributed by atoms with van der Waals surface area (Å²) in [6.45, 7) is 1.92. The SMILES string of the molecule is CSc1nc(N)n2nc(-c3cccc(C)n3)nc2n1. The van der Waals surface area contributed by atoms with Gasteiger partial charge in [-0.15, -0.1) is 5.10 Å². The summed E-state index contributed by atoms with van der Waals surface area (Å²) in [5, 5.41) is 4.85. The topological polar surface area (TPSA) is 94.9 Å². The van der Waals surface area contributed by atoms with E-state index in [1.807, 2.05) is 31.4 Å². The van der Waals surface area contributed by atoms with E-state index in [0.29, 0.717) is 22.5 Å². The maximum Gasteiger partial charge on any atom is 0.258 e. The molecule has 0 aromatic carbocycles. The van der Waals surface area contributed by atoms with Gasteiger partial charge in [0.1, 0.15) is 5.69 Å². The van der Waals surface area contributed by atoms with Crippen LogP contribution in [0.4, 0.5) is 5.95 Å². The molecule has 0 aliphatic rings. The van der Waals surface area contributed by atoms with Crippen LogP contribution in [0.2, 0.25) is 0 Å². The summed E-state index contributed by atoms with van der Waals surface area (Å²) in [5.74, 6) is 1.18. The lowest BCUT2D eigenvalue weighted by Crippen LogP contribution is -2.04. The minimum Gasteiger partial charge on any atom is -0.368 e. The highest BCUT2D eigenvalue weighted by molar-refractivity contribution is 7.98. The van der Waals surface area contributed by atoms with Crippen LogP contribution in [0, 0.1) is 6.92 Å². The highest BCUT2D eigenvalue weighted by Crippen LogP contribution is 2.16. The maximum absolute atomic E-state index is 5.83. The van der Waals surface area contributed by atoms with E-state index >= 15 is 0 Å². The second-order valence-electron chi connectivity index (χ2n) is 3.88. The van der Waals surface area contributed by atoms with Crippen LogP contribution in [0.25, 0.3) is 17.3 Å². The van der Waals surface area contributed by atoms with Gasteiger partial charge in [0.25, 0.3) is 5.78 Å². The Morgan fingerprint density at radius 2 is 2.00 bits per heavy atom. The zero-order chi connectivity index (χ0) is 13.4. The first-order valence-corrected chi connectivity index (χ1v) is 6.78. The van der Waals surface area contributed by atoms with E-state index in [1.165, 1.54) is 16.3 Å². The summed E-state index contributed by atoms with van der Waals surface area (Å²) in [7, 11) is 0. The van der Waals surface area contributed by atoms with Gasteiger partial charge in [0.2, 0.25) is 11.8 Å². The lowest BCUT2D eigenvalue weighted by atomic mass is 10.3. The number of fused-ring (bicyclic) bond motifs is 1. The molecule has 3 aromatic heterocycles. The molecule has 0 aliphatic heterocycles. The molecule has 0 aliphatic carbocycles. The molecular formula is C11H11N7S. The number of aromatic nitrogens is 6. The fraction of sp³-hybridized carbons (Fsp3) is 0.182. The van der Waals surface area contributed by atoms with Gasteiger partial charge in [-0.3, -0.25) is 0 Å². The number of rotatable bonds is 2. The van der Waals surface area contributed by atoms with Crippen LogP contribution >= 0.6 is 11.8 Å².